The number of nitrogens with zero attached hydrogens (tertiary/aromatic N) is 1. The Morgan fingerprint density at radius 3 is 2.33 bits per heavy atom. The van der Waals surface area contributed by atoms with E-state index in [0.717, 1.165) is 0 Å². The van der Waals surface area contributed by atoms with Gasteiger partial charge >= 0.3 is 0 Å². The van der Waals surface area contributed by atoms with Gasteiger partial charge in [0.1, 0.15) is 12.1 Å². The van der Waals surface area contributed by atoms with Gasteiger partial charge in [0.05, 0.1) is 6.07 Å². The third kappa shape index (κ3) is 5.64. The fourth-order valence-corrected chi connectivity index (χ4v) is 1.56. The van der Waals surface area contributed by atoms with Gasteiger partial charge in [-0.15, -0.1) is 0 Å². The highest BCUT2D eigenvalue weighted by atomic mass is 16.3. The van der Waals surface area contributed by atoms with E-state index >= 15 is 0 Å². The Bertz CT molecular complexity index is 336. The number of nitrogens with one attached hydrogen (secondary N) is 1. The fraction of sp³-hybridized carbons (Fsp3) is 0.750. The largest absolute Gasteiger partial charge is 0.383 e. The van der Waals surface area contributed by atoms with Gasteiger partial charge in [-0.05, 0) is 18.3 Å². The molecule has 102 valence electrons. The summed E-state index contributed by atoms with van der Waals surface area (Å²) < 4.78 is 0. The molecule has 6 nitrogen and oxygen atoms in total. The molecule has 0 fully saturated rings. The van der Waals surface area contributed by atoms with E-state index in [4.69, 9.17) is 11.0 Å². The van der Waals surface area contributed by atoms with E-state index in [1.807, 2.05) is 19.9 Å². The van der Waals surface area contributed by atoms with Crippen molar-refractivity contribution in [2.24, 2.45) is 17.6 Å². The molecule has 0 heterocycles. The number of nitrogens with two attached hydrogens (primary N) is 1. The Hall–Kier alpha value is -1.61. The Balaban J connectivity index is 4.55. The Morgan fingerprint density at radius 2 is 1.94 bits per heavy atom. The molecule has 18 heavy (non-hydrogen) atoms. The van der Waals surface area contributed by atoms with Crippen molar-refractivity contribution in [3.05, 3.63) is 0 Å². The Morgan fingerprint density at radius 1 is 1.39 bits per heavy atom. The molecule has 0 aliphatic heterocycles. The number of rotatable bonds is 7. The van der Waals surface area contributed by atoms with Gasteiger partial charge in [-0.25, -0.2) is 0 Å². The van der Waals surface area contributed by atoms with Crippen molar-refractivity contribution < 1.29 is 14.7 Å². The second kappa shape index (κ2) is 7.67. The molecule has 2 amide bonds. The molecule has 0 aromatic rings. The molecular weight excluding hydrogens is 234 g/mol. The summed E-state index contributed by atoms with van der Waals surface area (Å²) in [4.78, 5) is 22.9. The van der Waals surface area contributed by atoms with Gasteiger partial charge in [0.2, 0.25) is 11.8 Å². The quantitative estimate of drug-likeness (QED) is 0.589. The van der Waals surface area contributed by atoms with Crippen molar-refractivity contribution in [3.63, 3.8) is 0 Å². The van der Waals surface area contributed by atoms with Gasteiger partial charge < -0.3 is 16.2 Å². The van der Waals surface area contributed by atoms with Crippen LogP contribution < -0.4 is 11.1 Å². The highest BCUT2D eigenvalue weighted by Crippen LogP contribution is 2.09. The van der Waals surface area contributed by atoms with Crippen LogP contribution in [0.2, 0.25) is 0 Å². The van der Waals surface area contributed by atoms with E-state index in [1.165, 1.54) is 0 Å². The minimum absolute atomic E-state index is 0.105. The van der Waals surface area contributed by atoms with Crippen LogP contribution in [0.15, 0.2) is 0 Å². The minimum atomic E-state index is -1.17. The van der Waals surface area contributed by atoms with Crippen LogP contribution in [0, 0.1) is 23.2 Å². The lowest BCUT2D eigenvalue weighted by Gasteiger charge is -2.22. The van der Waals surface area contributed by atoms with E-state index < -0.39 is 24.0 Å². The molecular formula is C12H21N3O3. The predicted octanol–water partition coefficient (Wildman–Crippen LogP) is -0.0867. The lowest BCUT2D eigenvalue weighted by atomic mass is 9.97. The molecule has 0 radical (unpaired) electrons. The minimum Gasteiger partial charge on any atom is -0.383 e. The molecule has 0 aromatic carbocycles. The maximum Gasteiger partial charge on any atom is 0.249 e. The van der Waals surface area contributed by atoms with E-state index in [1.54, 1.807) is 6.92 Å². The molecule has 3 atom stereocenters. The standard InChI is InChI=1S/C12H21N3O3/c1-7(2)6-9(16)12(18)15-10(11(14)17)8(3)4-5-13/h7-10,16H,4,6H2,1-3H3,(H2,14,17)(H,15,18)/t8-,9+,10-/m0/s1. The lowest BCUT2D eigenvalue weighted by molar-refractivity contribution is -0.134. The Labute approximate surface area is 107 Å². The number of hydrogen-bond acceptors (Lipinski definition) is 4. The van der Waals surface area contributed by atoms with Crippen LogP contribution in [0.4, 0.5) is 0 Å². The van der Waals surface area contributed by atoms with Crippen LogP contribution >= 0.6 is 0 Å². The van der Waals surface area contributed by atoms with Crippen molar-refractivity contribution in [2.45, 2.75) is 45.8 Å². The number of aliphatic hydroxyl groups excluding tert-OH is 1. The highest BCUT2D eigenvalue weighted by molar-refractivity contribution is 5.88. The van der Waals surface area contributed by atoms with Crippen LogP contribution in [0.25, 0.3) is 0 Å². The first-order valence-corrected chi connectivity index (χ1v) is 5.94. The number of hydrogen-bond donors (Lipinski definition) is 3. The number of carbonyl (C=O) groups is 2. The molecule has 6 heteroatoms. The summed E-state index contributed by atoms with van der Waals surface area (Å²) in [5.74, 6) is -1.56. The third-order valence-corrected chi connectivity index (χ3v) is 2.58. The molecule has 0 saturated heterocycles. The van der Waals surface area contributed by atoms with Gasteiger partial charge in [0.15, 0.2) is 0 Å². The smallest absolute Gasteiger partial charge is 0.249 e. The van der Waals surface area contributed by atoms with Gasteiger partial charge in [0, 0.05) is 6.42 Å². The molecule has 4 N–H and O–H groups in total. The summed E-state index contributed by atoms with van der Waals surface area (Å²) in [7, 11) is 0. The first-order valence-electron chi connectivity index (χ1n) is 5.94. The van der Waals surface area contributed by atoms with E-state index in [-0.39, 0.29) is 18.3 Å². The summed E-state index contributed by atoms with van der Waals surface area (Å²) in [6, 6.07) is 0.984. The van der Waals surface area contributed by atoms with Crippen molar-refractivity contribution in [1.29, 1.82) is 5.26 Å². The maximum atomic E-state index is 11.7. The molecule has 0 rings (SSSR count). The van der Waals surface area contributed by atoms with Crippen LogP contribution in [0.5, 0.6) is 0 Å². The van der Waals surface area contributed by atoms with E-state index in [9.17, 15) is 14.7 Å². The summed E-state index contributed by atoms with van der Waals surface area (Å²) in [5, 5.41) is 20.6. The number of carbonyl (C=O) groups excluding carboxylic acids is 2. The molecule has 0 spiro atoms. The summed E-state index contributed by atoms with van der Waals surface area (Å²) in [6.45, 7) is 5.40. The summed E-state index contributed by atoms with van der Waals surface area (Å²) in [5.41, 5.74) is 5.17. The summed E-state index contributed by atoms with van der Waals surface area (Å²) >= 11 is 0. The molecule has 0 aromatic heterocycles. The zero-order valence-corrected chi connectivity index (χ0v) is 11.0. The topological polar surface area (TPSA) is 116 Å². The molecule has 0 unspecified atom stereocenters. The van der Waals surface area contributed by atoms with Gasteiger partial charge in [-0.2, -0.15) is 5.26 Å². The summed E-state index contributed by atoms with van der Waals surface area (Å²) in [6.07, 6.45) is -0.751. The molecule has 0 bridgehead atoms. The van der Waals surface area contributed by atoms with Crippen LogP contribution in [0.1, 0.15) is 33.6 Å². The normalized spacial score (nSPS) is 15.6. The first-order chi connectivity index (χ1) is 8.29. The van der Waals surface area contributed by atoms with Crippen LogP contribution in [0.3, 0.4) is 0 Å². The van der Waals surface area contributed by atoms with Crippen molar-refractivity contribution in [1.82, 2.24) is 5.32 Å². The van der Waals surface area contributed by atoms with Crippen LogP contribution in [-0.4, -0.2) is 29.1 Å². The average molecular weight is 255 g/mol. The number of amides is 2. The van der Waals surface area contributed by atoms with Gasteiger partial charge in [0.25, 0.3) is 0 Å². The van der Waals surface area contributed by atoms with E-state index in [2.05, 4.69) is 5.32 Å². The first kappa shape index (κ1) is 16.4. The third-order valence-electron chi connectivity index (χ3n) is 2.58. The number of primary amides is 1. The highest BCUT2D eigenvalue weighted by Gasteiger charge is 2.27. The second-order valence-electron chi connectivity index (χ2n) is 4.87. The predicted molar refractivity (Wildman–Crippen MR) is 66.0 cm³/mol. The molecule has 0 aliphatic rings. The zero-order chi connectivity index (χ0) is 14.3. The number of aliphatic hydroxyl groups is 1. The molecule has 0 aliphatic carbocycles. The van der Waals surface area contributed by atoms with E-state index in [0.29, 0.717) is 6.42 Å². The van der Waals surface area contributed by atoms with Crippen molar-refractivity contribution in [3.8, 4) is 6.07 Å². The average Bonchev–Trinajstić information content (AvgIpc) is 2.24. The number of nitriles is 1. The lowest BCUT2D eigenvalue weighted by Crippen LogP contribution is -2.51. The van der Waals surface area contributed by atoms with Gasteiger partial charge in [-0.3, -0.25) is 9.59 Å². The monoisotopic (exact) mass is 255 g/mol. The van der Waals surface area contributed by atoms with Gasteiger partial charge in [-0.1, -0.05) is 20.8 Å². The van der Waals surface area contributed by atoms with Crippen LogP contribution in [-0.2, 0) is 9.59 Å². The zero-order valence-electron chi connectivity index (χ0n) is 11.0. The van der Waals surface area contributed by atoms with Crippen molar-refractivity contribution >= 4 is 11.8 Å². The maximum absolute atomic E-state index is 11.7. The molecule has 0 saturated carbocycles. The fourth-order valence-electron chi connectivity index (χ4n) is 1.56. The SMILES string of the molecule is CC(C)C[C@@H](O)C(=O)N[C@H](C(N)=O)[C@@H](C)CC#N. The Kier molecular flexibility index (Phi) is 6.98. The second-order valence-corrected chi connectivity index (χ2v) is 4.87. The van der Waals surface area contributed by atoms with Crippen molar-refractivity contribution in [2.75, 3.05) is 0 Å².